The van der Waals surface area contributed by atoms with Crippen molar-refractivity contribution < 1.29 is 53.0 Å². The third-order valence-electron chi connectivity index (χ3n) is 3.18. The second kappa shape index (κ2) is 4.95. The molecular formula is C9H9F11OSi. The quantitative estimate of drug-likeness (QED) is 0.420. The number of alkyl halides is 11. The molecule has 0 bridgehead atoms. The van der Waals surface area contributed by atoms with Gasteiger partial charge in [0.05, 0.1) is 6.61 Å². The topological polar surface area (TPSA) is 9.23 Å². The molecule has 0 spiro atoms. The van der Waals surface area contributed by atoms with Gasteiger partial charge in [0, 0.05) is 10.2 Å². The lowest BCUT2D eigenvalue weighted by Crippen LogP contribution is -2.84. The Labute approximate surface area is 119 Å². The minimum absolute atomic E-state index is 0.149. The van der Waals surface area contributed by atoms with Crippen LogP contribution in [0.1, 0.15) is 6.42 Å². The van der Waals surface area contributed by atoms with Gasteiger partial charge in [-0.05, 0) is 6.42 Å². The van der Waals surface area contributed by atoms with Gasteiger partial charge in [-0.25, -0.2) is 0 Å². The molecular weight excluding hydrogens is 361 g/mol. The van der Waals surface area contributed by atoms with Crippen molar-refractivity contribution in [3.05, 3.63) is 0 Å². The summed E-state index contributed by atoms with van der Waals surface area (Å²) in [7, 11) is 0.362. The van der Waals surface area contributed by atoms with Crippen LogP contribution in [0, 0.1) is 0 Å². The van der Waals surface area contributed by atoms with E-state index in [1.807, 2.05) is 0 Å². The predicted molar refractivity (Wildman–Crippen MR) is 53.9 cm³/mol. The summed E-state index contributed by atoms with van der Waals surface area (Å²) in [6.45, 7) is -1.34. The molecule has 0 atom stereocenters. The van der Waals surface area contributed by atoms with Crippen LogP contribution in [-0.2, 0) is 4.74 Å². The van der Waals surface area contributed by atoms with Gasteiger partial charge in [0.2, 0.25) is 0 Å². The lowest BCUT2D eigenvalue weighted by molar-refractivity contribution is -0.524. The molecule has 1 fully saturated rings. The lowest BCUT2D eigenvalue weighted by Gasteiger charge is -2.51. The zero-order chi connectivity index (χ0) is 17.8. The minimum atomic E-state index is -7.19. The Bertz CT molecular complexity index is 405. The van der Waals surface area contributed by atoms with Gasteiger partial charge in [0.1, 0.15) is 0 Å². The first-order valence-corrected chi connectivity index (χ1v) is 7.19. The summed E-state index contributed by atoms with van der Waals surface area (Å²) in [5.74, 6) is -41.4. The predicted octanol–water partition coefficient (Wildman–Crippen LogP) is 3.03. The standard InChI is InChI=1S/C9H9F11OSi/c10-4(11)5(12,13)7(16,17)9(20,21-2-1-3-22)8(18,19)6(4,14)15/h1-3H2,22H3. The van der Waals surface area contributed by atoms with E-state index in [1.54, 1.807) is 0 Å². The molecule has 1 nitrogen and oxygen atoms in total. The van der Waals surface area contributed by atoms with Crippen molar-refractivity contribution in [1.29, 1.82) is 0 Å². The molecule has 0 radical (unpaired) electrons. The van der Waals surface area contributed by atoms with Crippen LogP contribution < -0.4 is 0 Å². The normalized spacial score (nSPS) is 30.1. The molecule has 13 heteroatoms. The highest BCUT2D eigenvalue weighted by atomic mass is 28.1. The Morgan fingerprint density at radius 2 is 0.909 bits per heavy atom. The zero-order valence-electron chi connectivity index (χ0n) is 10.7. The smallest absolute Gasteiger partial charge is 0.336 e. The Balaban J connectivity index is 3.55. The van der Waals surface area contributed by atoms with Gasteiger partial charge in [-0.1, -0.05) is 6.04 Å². The molecule has 0 unspecified atom stereocenters. The molecule has 132 valence electrons. The van der Waals surface area contributed by atoms with Crippen molar-refractivity contribution in [2.75, 3.05) is 6.61 Å². The summed E-state index contributed by atoms with van der Waals surface area (Å²) in [6.07, 6.45) is -0.377. The van der Waals surface area contributed by atoms with Crippen LogP contribution in [0.5, 0.6) is 0 Å². The van der Waals surface area contributed by atoms with Gasteiger partial charge in [0.25, 0.3) is 0 Å². The molecule has 1 rings (SSSR count). The van der Waals surface area contributed by atoms with Crippen molar-refractivity contribution in [1.82, 2.24) is 0 Å². The van der Waals surface area contributed by atoms with Crippen molar-refractivity contribution >= 4 is 10.2 Å². The molecule has 22 heavy (non-hydrogen) atoms. The monoisotopic (exact) mass is 370 g/mol. The van der Waals surface area contributed by atoms with E-state index in [0.29, 0.717) is 10.2 Å². The van der Waals surface area contributed by atoms with E-state index < -0.39 is 42.1 Å². The number of rotatable bonds is 4. The van der Waals surface area contributed by atoms with Crippen LogP contribution in [0.25, 0.3) is 0 Å². The van der Waals surface area contributed by atoms with Gasteiger partial charge < -0.3 is 4.74 Å². The van der Waals surface area contributed by atoms with E-state index in [2.05, 4.69) is 4.74 Å². The molecule has 0 N–H and O–H groups in total. The molecule has 0 aliphatic heterocycles. The first-order chi connectivity index (χ1) is 9.56. The highest BCUT2D eigenvalue weighted by Gasteiger charge is 3.02. The summed E-state index contributed by atoms with van der Waals surface area (Å²) < 4.78 is 148. The largest absolute Gasteiger partial charge is 0.384 e. The van der Waals surface area contributed by atoms with E-state index in [0.717, 1.165) is 0 Å². The molecule has 1 saturated carbocycles. The van der Waals surface area contributed by atoms with Crippen molar-refractivity contribution in [3.8, 4) is 0 Å². The first kappa shape index (κ1) is 19.5. The fourth-order valence-corrected chi connectivity index (χ4v) is 2.02. The van der Waals surface area contributed by atoms with Gasteiger partial charge >= 0.3 is 35.5 Å². The molecule has 0 aromatic heterocycles. The zero-order valence-corrected chi connectivity index (χ0v) is 12.7. The molecule has 0 aromatic rings. The molecule has 0 amide bonds. The third-order valence-corrected chi connectivity index (χ3v) is 3.89. The van der Waals surface area contributed by atoms with Crippen LogP contribution in [0.3, 0.4) is 0 Å². The fourth-order valence-electron chi connectivity index (χ4n) is 1.73. The second-order valence-corrected chi connectivity index (χ2v) is 5.67. The summed E-state index contributed by atoms with van der Waals surface area (Å²) in [5, 5.41) is 0. The first-order valence-electron chi connectivity index (χ1n) is 5.78. The van der Waals surface area contributed by atoms with E-state index in [-0.39, 0.29) is 12.5 Å². The van der Waals surface area contributed by atoms with Gasteiger partial charge in [-0.15, -0.1) is 0 Å². The van der Waals surface area contributed by atoms with Crippen molar-refractivity contribution in [2.24, 2.45) is 0 Å². The number of hydrogen-bond donors (Lipinski definition) is 0. The Morgan fingerprint density at radius 1 is 0.591 bits per heavy atom. The maximum atomic E-state index is 13.8. The van der Waals surface area contributed by atoms with E-state index in [4.69, 9.17) is 0 Å². The Morgan fingerprint density at radius 3 is 1.23 bits per heavy atom. The number of ether oxygens (including phenoxy) is 1. The summed E-state index contributed by atoms with van der Waals surface area (Å²) >= 11 is 0. The van der Waals surface area contributed by atoms with Crippen molar-refractivity contribution in [3.63, 3.8) is 0 Å². The van der Waals surface area contributed by atoms with Crippen LogP contribution >= 0.6 is 0 Å². The van der Waals surface area contributed by atoms with Crippen LogP contribution in [0.2, 0.25) is 6.04 Å². The molecule has 1 aliphatic carbocycles. The van der Waals surface area contributed by atoms with Gasteiger partial charge in [-0.3, -0.25) is 0 Å². The summed E-state index contributed by atoms with van der Waals surface area (Å²) in [4.78, 5) is 0. The molecule has 0 saturated heterocycles. The van der Waals surface area contributed by atoms with E-state index in [1.165, 1.54) is 0 Å². The van der Waals surface area contributed by atoms with Crippen molar-refractivity contribution in [2.45, 2.75) is 47.9 Å². The SMILES string of the molecule is FC1(F)C(F)(F)C(F)(F)C(F)(OCCC[SiH3])C(F)(F)C1(F)F. The molecule has 0 heterocycles. The molecule has 0 aromatic carbocycles. The van der Waals surface area contributed by atoms with Crippen LogP contribution in [0.4, 0.5) is 48.3 Å². The van der Waals surface area contributed by atoms with Gasteiger partial charge in [-0.2, -0.15) is 48.3 Å². The van der Waals surface area contributed by atoms with Gasteiger partial charge in [0.15, 0.2) is 0 Å². The highest BCUT2D eigenvalue weighted by Crippen LogP contribution is 2.69. The third kappa shape index (κ3) is 1.86. The number of hydrogen-bond acceptors (Lipinski definition) is 1. The minimum Gasteiger partial charge on any atom is -0.336 e. The fraction of sp³-hybridized carbons (Fsp3) is 1.00. The Hall–Kier alpha value is -0.593. The van der Waals surface area contributed by atoms with E-state index in [9.17, 15) is 48.3 Å². The van der Waals surface area contributed by atoms with Crippen LogP contribution in [-0.4, -0.2) is 52.3 Å². The summed E-state index contributed by atoms with van der Waals surface area (Å²) in [5.41, 5.74) is 0. The van der Waals surface area contributed by atoms with Crippen LogP contribution in [0.15, 0.2) is 0 Å². The highest BCUT2D eigenvalue weighted by molar-refractivity contribution is 6.08. The average molecular weight is 370 g/mol. The summed E-state index contributed by atoms with van der Waals surface area (Å²) in [6, 6.07) is 0.149. The second-order valence-electron chi connectivity index (χ2n) is 4.67. The maximum Gasteiger partial charge on any atom is 0.384 e. The lowest BCUT2D eigenvalue weighted by atomic mass is 9.78. The Kier molecular flexibility index (Phi) is 4.38. The maximum absolute atomic E-state index is 13.8. The average Bonchev–Trinajstić information content (AvgIpc) is 2.36. The number of halogens is 11. The molecule has 1 aliphatic rings. The van der Waals surface area contributed by atoms with E-state index >= 15 is 0 Å².